The fraction of sp³-hybridized carbons (Fsp3) is 0.632. The second-order valence-electron chi connectivity index (χ2n) is 6.33. The SMILES string of the molecule is CCCCN(CCCC)C(=O)[C@H]1Cc2ccccc2[C@H]1C. The Labute approximate surface area is 129 Å². The zero-order valence-electron chi connectivity index (χ0n) is 13.8. The Hall–Kier alpha value is -1.31. The minimum absolute atomic E-state index is 0.149. The smallest absolute Gasteiger partial charge is 0.226 e. The van der Waals surface area contributed by atoms with Gasteiger partial charge in [0, 0.05) is 19.0 Å². The third-order valence-electron chi connectivity index (χ3n) is 4.78. The van der Waals surface area contributed by atoms with Crippen molar-refractivity contribution < 1.29 is 4.79 Å². The van der Waals surface area contributed by atoms with Crippen LogP contribution in [0.15, 0.2) is 24.3 Å². The number of benzene rings is 1. The maximum Gasteiger partial charge on any atom is 0.226 e. The van der Waals surface area contributed by atoms with Crippen LogP contribution in [0.25, 0.3) is 0 Å². The highest BCUT2D eigenvalue weighted by molar-refractivity contribution is 5.81. The van der Waals surface area contributed by atoms with Gasteiger partial charge in [-0.3, -0.25) is 4.79 Å². The molecule has 1 aromatic carbocycles. The van der Waals surface area contributed by atoms with Crippen molar-refractivity contribution >= 4 is 5.91 Å². The molecule has 2 atom stereocenters. The van der Waals surface area contributed by atoms with Crippen LogP contribution in [0.5, 0.6) is 0 Å². The van der Waals surface area contributed by atoms with E-state index < -0.39 is 0 Å². The van der Waals surface area contributed by atoms with Crippen LogP contribution in [0, 0.1) is 5.92 Å². The summed E-state index contributed by atoms with van der Waals surface area (Å²) in [5.41, 5.74) is 2.75. The molecule has 0 radical (unpaired) electrons. The van der Waals surface area contributed by atoms with Gasteiger partial charge < -0.3 is 4.90 Å². The van der Waals surface area contributed by atoms with Gasteiger partial charge in [0.1, 0.15) is 0 Å². The standard InChI is InChI=1S/C19H29NO/c1-4-6-12-20(13-7-5-2)19(21)18-14-16-10-8-9-11-17(16)15(18)3/h8-11,15,18H,4-7,12-14H2,1-3H3/t15-,18+/m1/s1. The van der Waals surface area contributed by atoms with E-state index in [1.165, 1.54) is 11.1 Å². The van der Waals surface area contributed by atoms with E-state index in [4.69, 9.17) is 0 Å². The van der Waals surface area contributed by atoms with Crippen LogP contribution in [-0.4, -0.2) is 23.9 Å². The molecule has 1 aliphatic carbocycles. The van der Waals surface area contributed by atoms with E-state index in [1.54, 1.807) is 0 Å². The molecule has 0 aromatic heterocycles. The monoisotopic (exact) mass is 287 g/mol. The van der Waals surface area contributed by atoms with Gasteiger partial charge in [-0.25, -0.2) is 0 Å². The first-order valence-corrected chi connectivity index (χ1v) is 8.55. The summed E-state index contributed by atoms with van der Waals surface area (Å²) in [6, 6.07) is 8.55. The van der Waals surface area contributed by atoms with E-state index in [1.807, 2.05) is 0 Å². The molecule has 0 saturated carbocycles. The zero-order valence-corrected chi connectivity index (χ0v) is 13.8. The number of hydrogen-bond acceptors (Lipinski definition) is 1. The molecule has 0 bridgehead atoms. The van der Waals surface area contributed by atoms with Gasteiger partial charge >= 0.3 is 0 Å². The fourth-order valence-corrected chi connectivity index (χ4v) is 3.36. The van der Waals surface area contributed by atoms with Gasteiger partial charge in [0.05, 0.1) is 0 Å². The van der Waals surface area contributed by atoms with Gasteiger partial charge in [0.25, 0.3) is 0 Å². The maximum absolute atomic E-state index is 13.0. The van der Waals surface area contributed by atoms with E-state index in [9.17, 15) is 4.79 Å². The van der Waals surface area contributed by atoms with Crippen LogP contribution in [-0.2, 0) is 11.2 Å². The number of unbranched alkanes of at least 4 members (excludes halogenated alkanes) is 2. The summed E-state index contributed by atoms with van der Waals surface area (Å²) in [7, 11) is 0. The lowest BCUT2D eigenvalue weighted by atomic mass is 9.93. The highest BCUT2D eigenvalue weighted by atomic mass is 16.2. The predicted molar refractivity (Wildman–Crippen MR) is 88.4 cm³/mol. The summed E-state index contributed by atoms with van der Waals surface area (Å²) in [6.45, 7) is 8.45. The third-order valence-corrected chi connectivity index (χ3v) is 4.78. The van der Waals surface area contributed by atoms with Gasteiger partial charge in [0.15, 0.2) is 0 Å². The van der Waals surface area contributed by atoms with Crippen molar-refractivity contribution in [1.29, 1.82) is 0 Å². The molecule has 2 rings (SSSR count). The van der Waals surface area contributed by atoms with Crippen LogP contribution in [0.1, 0.15) is 63.5 Å². The lowest BCUT2D eigenvalue weighted by molar-refractivity contribution is -0.136. The minimum Gasteiger partial charge on any atom is -0.342 e. The average Bonchev–Trinajstić information content (AvgIpc) is 2.84. The Morgan fingerprint density at radius 3 is 2.33 bits per heavy atom. The first kappa shape index (κ1) is 16.1. The van der Waals surface area contributed by atoms with Gasteiger partial charge in [0.2, 0.25) is 5.91 Å². The molecule has 21 heavy (non-hydrogen) atoms. The molecule has 2 heteroatoms. The average molecular weight is 287 g/mol. The molecule has 0 saturated heterocycles. The molecular formula is C19H29NO. The fourth-order valence-electron chi connectivity index (χ4n) is 3.36. The number of carbonyl (C=O) groups is 1. The van der Waals surface area contributed by atoms with E-state index in [0.29, 0.717) is 11.8 Å². The van der Waals surface area contributed by atoms with E-state index in [2.05, 4.69) is 49.9 Å². The molecule has 116 valence electrons. The van der Waals surface area contributed by atoms with Crippen LogP contribution in [0.4, 0.5) is 0 Å². The molecule has 1 amide bonds. The Morgan fingerprint density at radius 1 is 1.14 bits per heavy atom. The molecule has 0 spiro atoms. The summed E-state index contributed by atoms with van der Waals surface area (Å²) in [5.74, 6) is 0.885. The summed E-state index contributed by atoms with van der Waals surface area (Å²) in [4.78, 5) is 15.1. The van der Waals surface area contributed by atoms with Crippen molar-refractivity contribution in [3.05, 3.63) is 35.4 Å². The molecule has 1 aromatic rings. The van der Waals surface area contributed by atoms with Crippen LogP contribution in [0.2, 0.25) is 0 Å². The highest BCUT2D eigenvalue weighted by Gasteiger charge is 2.35. The van der Waals surface area contributed by atoms with Crippen molar-refractivity contribution in [2.24, 2.45) is 5.92 Å². The summed E-state index contributed by atoms with van der Waals surface area (Å²) < 4.78 is 0. The second kappa shape index (κ2) is 7.63. The third kappa shape index (κ3) is 3.66. The number of hydrogen-bond donors (Lipinski definition) is 0. The number of carbonyl (C=O) groups excluding carboxylic acids is 1. The lowest BCUT2D eigenvalue weighted by Gasteiger charge is -2.27. The second-order valence-corrected chi connectivity index (χ2v) is 6.33. The number of fused-ring (bicyclic) bond motifs is 1. The summed E-state index contributed by atoms with van der Waals surface area (Å²) in [6.07, 6.45) is 5.45. The maximum atomic E-state index is 13.0. The summed E-state index contributed by atoms with van der Waals surface area (Å²) >= 11 is 0. The Morgan fingerprint density at radius 2 is 1.76 bits per heavy atom. The first-order chi connectivity index (χ1) is 10.2. The van der Waals surface area contributed by atoms with Gasteiger partial charge in [-0.05, 0) is 36.3 Å². The lowest BCUT2D eigenvalue weighted by Crippen LogP contribution is -2.38. The molecule has 0 heterocycles. The van der Waals surface area contributed by atoms with Crippen molar-refractivity contribution in [2.45, 2.75) is 58.8 Å². The molecule has 0 unspecified atom stereocenters. The van der Waals surface area contributed by atoms with Gasteiger partial charge in [-0.2, -0.15) is 0 Å². The zero-order chi connectivity index (χ0) is 15.2. The largest absolute Gasteiger partial charge is 0.342 e. The molecule has 2 nitrogen and oxygen atoms in total. The Balaban J connectivity index is 2.07. The van der Waals surface area contributed by atoms with E-state index in [-0.39, 0.29) is 5.92 Å². The Kier molecular flexibility index (Phi) is 5.84. The minimum atomic E-state index is 0.149. The molecule has 0 fully saturated rings. The van der Waals surface area contributed by atoms with E-state index >= 15 is 0 Å². The van der Waals surface area contributed by atoms with Crippen LogP contribution < -0.4 is 0 Å². The number of nitrogens with zero attached hydrogens (tertiary/aromatic N) is 1. The molecular weight excluding hydrogens is 258 g/mol. The first-order valence-electron chi connectivity index (χ1n) is 8.55. The van der Waals surface area contributed by atoms with Gasteiger partial charge in [-0.1, -0.05) is 57.9 Å². The van der Waals surface area contributed by atoms with Crippen LogP contribution >= 0.6 is 0 Å². The summed E-state index contributed by atoms with van der Waals surface area (Å²) in [5, 5.41) is 0. The van der Waals surface area contributed by atoms with Gasteiger partial charge in [-0.15, -0.1) is 0 Å². The van der Waals surface area contributed by atoms with Crippen molar-refractivity contribution in [2.75, 3.05) is 13.1 Å². The number of amides is 1. The molecule has 1 aliphatic rings. The van der Waals surface area contributed by atoms with E-state index in [0.717, 1.165) is 45.2 Å². The van der Waals surface area contributed by atoms with Crippen molar-refractivity contribution in [3.63, 3.8) is 0 Å². The normalized spacial score (nSPS) is 20.3. The predicted octanol–water partition coefficient (Wildman–Crippen LogP) is 4.39. The van der Waals surface area contributed by atoms with Crippen molar-refractivity contribution in [1.82, 2.24) is 4.90 Å². The quantitative estimate of drug-likeness (QED) is 0.728. The van der Waals surface area contributed by atoms with Crippen molar-refractivity contribution in [3.8, 4) is 0 Å². The van der Waals surface area contributed by atoms with Crippen LogP contribution in [0.3, 0.4) is 0 Å². The molecule has 0 N–H and O–H groups in total. The molecule has 0 aliphatic heterocycles. The number of rotatable bonds is 7. The topological polar surface area (TPSA) is 20.3 Å². The highest BCUT2D eigenvalue weighted by Crippen LogP contribution is 2.38. The Bertz CT molecular complexity index is 460.